The highest BCUT2D eigenvalue weighted by Gasteiger charge is 2.21. The molecule has 0 aliphatic rings. The predicted octanol–water partition coefficient (Wildman–Crippen LogP) is 4.91. The Morgan fingerprint density at radius 2 is 1.68 bits per heavy atom. The van der Waals surface area contributed by atoms with Gasteiger partial charge in [-0.3, -0.25) is 0 Å². The van der Waals surface area contributed by atoms with Gasteiger partial charge in [-0.1, -0.05) is 29.8 Å². The molecule has 6 nitrogen and oxygen atoms in total. The van der Waals surface area contributed by atoms with E-state index in [0.717, 1.165) is 4.47 Å². The molecular formula is C17H20BrN3O3S. The minimum absolute atomic E-state index is 0.0627. The third-order valence-electron chi connectivity index (χ3n) is 3.70. The van der Waals surface area contributed by atoms with Crippen LogP contribution in [0.25, 0.3) is 0 Å². The molecule has 0 saturated heterocycles. The molecular weight excluding hydrogens is 406 g/mol. The summed E-state index contributed by atoms with van der Waals surface area (Å²) >= 11 is 3.35. The van der Waals surface area contributed by atoms with E-state index >= 15 is 0 Å². The van der Waals surface area contributed by atoms with Crippen molar-refractivity contribution in [2.45, 2.75) is 25.7 Å². The van der Waals surface area contributed by atoms with Gasteiger partial charge >= 0.3 is 0 Å². The van der Waals surface area contributed by atoms with Crippen molar-refractivity contribution in [1.82, 2.24) is 4.31 Å². The van der Waals surface area contributed by atoms with Crippen LogP contribution in [0, 0.1) is 6.92 Å². The van der Waals surface area contributed by atoms with Gasteiger partial charge in [-0.05, 0) is 48.9 Å². The fourth-order valence-corrected chi connectivity index (χ4v) is 4.32. The topological polar surface area (TPSA) is 82.3 Å². The van der Waals surface area contributed by atoms with Gasteiger partial charge < -0.3 is 5.11 Å². The number of phenols is 1. The van der Waals surface area contributed by atoms with Crippen LogP contribution in [0.5, 0.6) is 5.75 Å². The van der Waals surface area contributed by atoms with Crippen LogP contribution < -0.4 is 0 Å². The standard InChI is InChI=1S/C17H20BrN3O3S/c1-4-21(5-2)25(23,24)15-8-6-14(7-9-15)19-20-16-11-13(18)10-12(3)17(16)22/h6-11,22H,4-5H2,1-3H3. The molecule has 0 saturated carbocycles. The monoisotopic (exact) mass is 425 g/mol. The zero-order valence-electron chi connectivity index (χ0n) is 14.3. The third-order valence-corrected chi connectivity index (χ3v) is 6.22. The molecule has 2 aromatic carbocycles. The van der Waals surface area contributed by atoms with Gasteiger partial charge in [0.1, 0.15) is 11.4 Å². The van der Waals surface area contributed by atoms with Crippen LogP contribution in [0.15, 0.2) is 56.0 Å². The van der Waals surface area contributed by atoms with Crippen LogP contribution in [0.1, 0.15) is 19.4 Å². The van der Waals surface area contributed by atoms with Gasteiger partial charge in [0.25, 0.3) is 0 Å². The van der Waals surface area contributed by atoms with E-state index in [4.69, 9.17) is 0 Å². The van der Waals surface area contributed by atoms with Crippen LogP contribution in [0.2, 0.25) is 0 Å². The molecule has 0 unspecified atom stereocenters. The van der Waals surface area contributed by atoms with E-state index in [1.54, 1.807) is 45.0 Å². The Bertz CT molecular complexity index is 877. The third kappa shape index (κ3) is 4.45. The molecule has 0 atom stereocenters. The van der Waals surface area contributed by atoms with Gasteiger partial charge in [-0.15, -0.1) is 5.11 Å². The summed E-state index contributed by atoms with van der Waals surface area (Å²) in [4.78, 5) is 0.219. The van der Waals surface area contributed by atoms with Crippen LogP contribution in [0.3, 0.4) is 0 Å². The number of azo groups is 1. The minimum Gasteiger partial charge on any atom is -0.505 e. The fourth-order valence-electron chi connectivity index (χ4n) is 2.30. The lowest BCUT2D eigenvalue weighted by atomic mass is 10.2. The van der Waals surface area contributed by atoms with E-state index < -0.39 is 10.0 Å². The maximum Gasteiger partial charge on any atom is 0.243 e. The molecule has 0 fully saturated rings. The number of nitrogens with zero attached hydrogens (tertiary/aromatic N) is 3. The highest BCUT2D eigenvalue weighted by molar-refractivity contribution is 9.10. The van der Waals surface area contributed by atoms with Crippen LogP contribution >= 0.6 is 15.9 Å². The highest BCUT2D eigenvalue weighted by atomic mass is 79.9. The number of hydrogen-bond donors (Lipinski definition) is 1. The summed E-state index contributed by atoms with van der Waals surface area (Å²) < 4.78 is 27.1. The lowest BCUT2D eigenvalue weighted by Gasteiger charge is -2.18. The summed E-state index contributed by atoms with van der Waals surface area (Å²) in [5.74, 6) is 0.0627. The van der Waals surface area contributed by atoms with Crippen molar-refractivity contribution < 1.29 is 13.5 Å². The molecule has 0 aliphatic carbocycles. The van der Waals surface area contributed by atoms with E-state index in [1.165, 1.54) is 16.4 Å². The second kappa shape index (κ2) is 8.07. The Morgan fingerprint density at radius 3 is 2.24 bits per heavy atom. The summed E-state index contributed by atoms with van der Waals surface area (Å²) in [5.41, 5.74) is 1.52. The molecule has 0 radical (unpaired) electrons. The molecule has 1 N–H and O–H groups in total. The van der Waals surface area contributed by atoms with Crippen molar-refractivity contribution in [2.75, 3.05) is 13.1 Å². The summed E-state index contributed by atoms with van der Waals surface area (Å²) in [6, 6.07) is 9.62. The van der Waals surface area contributed by atoms with Crippen molar-refractivity contribution in [3.8, 4) is 5.75 Å². The van der Waals surface area contributed by atoms with Gasteiger partial charge in [0.15, 0.2) is 0 Å². The summed E-state index contributed by atoms with van der Waals surface area (Å²) in [7, 11) is -3.49. The molecule has 0 amide bonds. The van der Waals surface area contributed by atoms with Crippen molar-refractivity contribution in [3.63, 3.8) is 0 Å². The Morgan fingerprint density at radius 1 is 1.08 bits per heavy atom. The van der Waals surface area contributed by atoms with E-state index in [0.29, 0.717) is 30.0 Å². The normalized spacial score (nSPS) is 12.2. The average molecular weight is 426 g/mol. The lowest BCUT2D eigenvalue weighted by Crippen LogP contribution is -2.30. The number of benzene rings is 2. The zero-order chi connectivity index (χ0) is 18.6. The second-order valence-corrected chi connectivity index (χ2v) is 8.23. The first-order chi connectivity index (χ1) is 11.8. The summed E-state index contributed by atoms with van der Waals surface area (Å²) in [6.07, 6.45) is 0. The Hall–Kier alpha value is -1.77. The molecule has 0 aliphatic heterocycles. The molecule has 0 aromatic heterocycles. The first-order valence-corrected chi connectivity index (χ1v) is 10.0. The molecule has 2 rings (SSSR count). The Balaban J connectivity index is 2.27. The zero-order valence-corrected chi connectivity index (χ0v) is 16.7. The van der Waals surface area contributed by atoms with Crippen LogP contribution in [0.4, 0.5) is 11.4 Å². The molecule has 134 valence electrons. The maximum absolute atomic E-state index is 12.4. The molecule has 0 bridgehead atoms. The number of hydrogen-bond acceptors (Lipinski definition) is 5. The van der Waals surface area contributed by atoms with Crippen molar-refractivity contribution in [3.05, 3.63) is 46.4 Å². The molecule has 2 aromatic rings. The SMILES string of the molecule is CCN(CC)S(=O)(=O)c1ccc(N=Nc2cc(Br)cc(C)c2O)cc1. The van der Waals surface area contributed by atoms with Crippen molar-refractivity contribution >= 4 is 37.3 Å². The van der Waals surface area contributed by atoms with Gasteiger partial charge in [0, 0.05) is 17.6 Å². The average Bonchev–Trinajstić information content (AvgIpc) is 2.58. The number of aromatic hydroxyl groups is 1. The van der Waals surface area contributed by atoms with E-state index in [2.05, 4.69) is 26.2 Å². The quantitative estimate of drug-likeness (QED) is 0.667. The number of aryl methyl sites for hydroxylation is 1. The number of rotatable bonds is 6. The van der Waals surface area contributed by atoms with E-state index in [9.17, 15) is 13.5 Å². The molecule has 0 spiro atoms. The largest absolute Gasteiger partial charge is 0.505 e. The van der Waals surface area contributed by atoms with Gasteiger partial charge in [-0.25, -0.2) is 8.42 Å². The number of halogens is 1. The van der Waals surface area contributed by atoms with E-state index in [1.807, 2.05) is 0 Å². The fraction of sp³-hybridized carbons (Fsp3) is 0.294. The van der Waals surface area contributed by atoms with Crippen molar-refractivity contribution in [2.24, 2.45) is 10.2 Å². The predicted molar refractivity (Wildman–Crippen MR) is 101 cm³/mol. The Kier molecular flexibility index (Phi) is 6.31. The minimum atomic E-state index is -3.49. The second-order valence-electron chi connectivity index (χ2n) is 5.37. The van der Waals surface area contributed by atoms with Gasteiger partial charge in [0.2, 0.25) is 10.0 Å². The number of sulfonamides is 1. The van der Waals surface area contributed by atoms with Gasteiger partial charge in [-0.2, -0.15) is 9.42 Å². The van der Waals surface area contributed by atoms with Gasteiger partial charge in [0.05, 0.1) is 10.6 Å². The smallest absolute Gasteiger partial charge is 0.243 e. The molecule has 8 heteroatoms. The highest BCUT2D eigenvalue weighted by Crippen LogP contribution is 2.34. The van der Waals surface area contributed by atoms with Crippen LogP contribution in [-0.4, -0.2) is 30.9 Å². The molecule has 25 heavy (non-hydrogen) atoms. The number of phenolic OH excluding ortho intramolecular Hbond substituents is 1. The van der Waals surface area contributed by atoms with Crippen molar-refractivity contribution in [1.29, 1.82) is 0 Å². The van der Waals surface area contributed by atoms with Crippen LogP contribution in [-0.2, 0) is 10.0 Å². The maximum atomic E-state index is 12.4. The molecule has 0 heterocycles. The Labute approximate surface area is 156 Å². The summed E-state index contributed by atoms with van der Waals surface area (Å²) in [5, 5.41) is 18.1. The lowest BCUT2D eigenvalue weighted by molar-refractivity contribution is 0.445. The first-order valence-electron chi connectivity index (χ1n) is 7.80. The first kappa shape index (κ1) is 19.6. The van der Waals surface area contributed by atoms with E-state index in [-0.39, 0.29) is 10.6 Å². The summed E-state index contributed by atoms with van der Waals surface area (Å²) in [6.45, 7) is 6.21.